The van der Waals surface area contributed by atoms with Crippen LogP contribution in [0.15, 0.2) is 18.7 Å². The molecule has 0 saturated carbocycles. The van der Waals surface area contributed by atoms with Gasteiger partial charge in [0, 0.05) is 11.0 Å². The summed E-state index contributed by atoms with van der Waals surface area (Å²) in [6, 6.07) is 1.93. The molecule has 0 aliphatic heterocycles. The minimum atomic E-state index is 0.0474. The molecule has 1 aromatic heterocycles. The molecule has 0 saturated heterocycles. The smallest absolute Gasteiger partial charge is 0.0831 e. The molecule has 2 N–H and O–H groups in total. The number of hydrogen-bond donors (Lipinski definition) is 2. The molecule has 0 bridgehead atoms. The van der Waals surface area contributed by atoms with E-state index in [1.54, 1.807) is 6.08 Å². The lowest BCUT2D eigenvalue weighted by atomic mass is 10.3. The largest absolute Gasteiger partial charge is 0.390 e. The van der Waals surface area contributed by atoms with Crippen LogP contribution in [0.5, 0.6) is 0 Å². The minimum Gasteiger partial charge on any atom is -0.390 e. The maximum atomic E-state index is 8.85. The van der Waals surface area contributed by atoms with Crippen LogP contribution in [-0.2, 0) is 6.61 Å². The number of hydrogen-bond acceptors (Lipinski definition) is 1. The van der Waals surface area contributed by atoms with Crippen molar-refractivity contribution in [3.8, 4) is 0 Å². The fourth-order valence-corrected chi connectivity index (χ4v) is 1.13. The first-order valence-corrected chi connectivity index (χ1v) is 3.89. The zero-order valence-electron chi connectivity index (χ0n) is 7.17. The van der Waals surface area contributed by atoms with Gasteiger partial charge in [0.1, 0.15) is 0 Å². The number of aliphatic hydroxyl groups is 1. The Labute approximate surface area is 71.6 Å². The lowest BCUT2D eigenvalue weighted by Gasteiger charge is -1.82. The van der Waals surface area contributed by atoms with Crippen molar-refractivity contribution in [1.82, 2.24) is 4.98 Å². The molecule has 1 heterocycles. The van der Waals surface area contributed by atoms with Gasteiger partial charge in [-0.1, -0.05) is 18.7 Å². The number of aromatic nitrogens is 1. The monoisotopic (exact) mass is 163 g/mol. The molecule has 0 aliphatic carbocycles. The second kappa shape index (κ2) is 3.93. The van der Waals surface area contributed by atoms with Crippen molar-refractivity contribution in [1.29, 1.82) is 0 Å². The summed E-state index contributed by atoms with van der Waals surface area (Å²) in [6.45, 7) is 5.63. The van der Waals surface area contributed by atoms with Gasteiger partial charge in [0.15, 0.2) is 0 Å². The molecule has 0 radical (unpaired) electrons. The first kappa shape index (κ1) is 8.81. The standard InChI is InChI=1S/C10H13NO/c1-3-5-10-8(4-2)6-9(7-12)11-10/h3-6,11-12H,1,7H2,2H3/b8-4-,10-5+. The molecule has 0 aliphatic rings. The Hall–Kier alpha value is -1.28. The summed E-state index contributed by atoms with van der Waals surface area (Å²) in [5, 5.41) is 10.9. The molecule has 64 valence electrons. The third-order valence-electron chi connectivity index (χ3n) is 1.70. The van der Waals surface area contributed by atoms with Gasteiger partial charge in [0.05, 0.1) is 6.61 Å². The number of allylic oxidation sites excluding steroid dienone is 1. The zero-order chi connectivity index (χ0) is 8.97. The molecule has 0 unspecified atom stereocenters. The maximum absolute atomic E-state index is 8.85. The van der Waals surface area contributed by atoms with E-state index in [4.69, 9.17) is 5.11 Å². The number of aliphatic hydroxyl groups excluding tert-OH is 1. The molecule has 0 fully saturated rings. The van der Waals surface area contributed by atoms with Gasteiger partial charge in [0.2, 0.25) is 0 Å². The summed E-state index contributed by atoms with van der Waals surface area (Å²) in [5.74, 6) is 0. The van der Waals surface area contributed by atoms with E-state index in [9.17, 15) is 0 Å². The third-order valence-corrected chi connectivity index (χ3v) is 1.70. The average molecular weight is 163 g/mol. The van der Waals surface area contributed by atoms with E-state index < -0.39 is 0 Å². The summed E-state index contributed by atoms with van der Waals surface area (Å²) in [7, 11) is 0. The Bertz CT molecular complexity index is 373. The van der Waals surface area contributed by atoms with Crippen LogP contribution in [0, 0.1) is 0 Å². The highest BCUT2D eigenvalue weighted by Gasteiger charge is 1.91. The molecule has 2 nitrogen and oxygen atoms in total. The second-order valence-corrected chi connectivity index (χ2v) is 2.51. The molecule has 0 spiro atoms. The molecular formula is C10H13NO. The van der Waals surface area contributed by atoms with E-state index in [1.807, 2.05) is 25.1 Å². The third kappa shape index (κ3) is 1.66. The molecule has 1 aromatic rings. The van der Waals surface area contributed by atoms with E-state index in [0.717, 1.165) is 16.3 Å². The average Bonchev–Trinajstić information content (AvgIpc) is 2.48. The fourth-order valence-electron chi connectivity index (χ4n) is 1.13. The second-order valence-electron chi connectivity index (χ2n) is 2.51. The van der Waals surface area contributed by atoms with Crippen LogP contribution in [0.25, 0.3) is 12.2 Å². The molecule has 0 aromatic carbocycles. The fraction of sp³-hybridized carbons (Fsp3) is 0.200. The highest BCUT2D eigenvalue weighted by molar-refractivity contribution is 5.36. The van der Waals surface area contributed by atoms with Crippen molar-refractivity contribution < 1.29 is 5.11 Å². The Morgan fingerprint density at radius 3 is 2.92 bits per heavy atom. The number of H-pyrrole nitrogens is 1. The van der Waals surface area contributed by atoms with Crippen molar-refractivity contribution in [2.75, 3.05) is 0 Å². The SMILES string of the molecule is C=C/C=c1/[nH]c(CO)c/c1=C/C. The highest BCUT2D eigenvalue weighted by Crippen LogP contribution is 1.83. The van der Waals surface area contributed by atoms with Crippen LogP contribution in [0.3, 0.4) is 0 Å². The van der Waals surface area contributed by atoms with E-state index in [2.05, 4.69) is 11.6 Å². The van der Waals surface area contributed by atoms with Crippen molar-refractivity contribution in [3.05, 3.63) is 35.0 Å². The normalized spacial score (nSPS) is 13.8. The maximum Gasteiger partial charge on any atom is 0.0831 e. The van der Waals surface area contributed by atoms with Gasteiger partial charge in [-0.25, -0.2) is 0 Å². The zero-order valence-corrected chi connectivity index (χ0v) is 7.17. The van der Waals surface area contributed by atoms with E-state index in [-0.39, 0.29) is 6.61 Å². The quantitative estimate of drug-likeness (QED) is 0.645. The highest BCUT2D eigenvalue weighted by atomic mass is 16.3. The van der Waals surface area contributed by atoms with Gasteiger partial charge in [-0.3, -0.25) is 0 Å². The molecule has 0 amide bonds. The van der Waals surface area contributed by atoms with E-state index in [1.165, 1.54) is 0 Å². The van der Waals surface area contributed by atoms with Gasteiger partial charge in [-0.15, -0.1) is 0 Å². The summed E-state index contributed by atoms with van der Waals surface area (Å²) in [5.41, 5.74) is 0.830. The summed E-state index contributed by atoms with van der Waals surface area (Å²) < 4.78 is 0. The van der Waals surface area contributed by atoms with E-state index >= 15 is 0 Å². The minimum absolute atomic E-state index is 0.0474. The van der Waals surface area contributed by atoms with Gasteiger partial charge >= 0.3 is 0 Å². The van der Waals surface area contributed by atoms with Gasteiger partial charge in [-0.2, -0.15) is 0 Å². The Balaban J connectivity index is 3.37. The van der Waals surface area contributed by atoms with Crippen molar-refractivity contribution in [2.24, 2.45) is 0 Å². The van der Waals surface area contributed by atoms with Gasteiger partial charge in [0.25, 0.3) is 0 Å². The molecule has 12 heavy (non-hydrogen) atoms. The number of nitrogens with one attached hydrogen (secondary N) is 1. The van der Waals surface area contributed by atoms with Crippen LogP contribution in [0.2, 0.25) is 0 Å². The lowest BCUT2D eigenvalue weighted by Crippen LogP contribution is -2.20. The molecular weight excluding hydrogens is 150 g/mol. The Morgan fingerprint density at radius 1 is 1.67 bits per heavy atom. The number of rotatable bonds is 2. The van der Waals surface area contributed by atoms with Crippen LogP contribution in [-0.4, -0.2) is 10.1 Å². The summed E-state index contributed by atoms with van der Waals surface area (Å²) in [4.78, 5) is 3.08. The van der Waals surface area contributed by atoms with Gasteiger partial charge < -0.3 is 10.1 Å². The van der Waals surface area contributed by atoms with Crippen LogP contribution in [0.1, 0.15) is 12.6 Å². The predicted octanol–water partition coefficient (Wildman–Crippen LogP) is 0.274. The molecule has 0 atom stereocenters. The summed E-state index contributed by atoms with van der Waals surface area (Å²) in [6.07, 6.45) is 5.60. The van der Waals surface area contributed by atoms with Crippen molar-refractivity contribution >= 4 is 12.2 Å². The van der Waals surface area contributed by atoms with E-state index in [0.29, 0.717) is 0 Å². The molecule has 2 heteroatoms. The molecule has 1 rings (SSSR count). The summed E-state index contributed by atoms with van der Waals surface area (Å²) >= 11 is 0. The number of aromatic amines is 1. The van der Waals surface area contributed by atoms with Crippen LogP contribution >= 0.6 is 0 Å². The first-order valence-electron chi connectivity index (χ1n) is 3.89. The van der Waals surface area contributed by atoms with Crippen molar-refractivity contribution in [3.63, 3.8) is 0 Å². The Morgan fingerprint density at radius 2 is 2.42 bits per heavy atom. The topological polar surface area (TPSA) is 36.0 Å². The predicted molar refractivity (Wildman–Crippen MR) is 50.8 cm³/mol. The van der Waals surface area contributed by atoms with Crippen LogP contribution in [0.4, 0.5) is 0 Å². The van der Waals surface area contributed by atoms with Crippen molar-refractivity contribution in [2.45, 2.75) is 13.5 Å². The van der Waals surface area contributed by atoms with Crippen LogP contribution < -0.4 is 10.6 Å². The lowest BCUT2D eigenvalue weighted by molar-refractivity contribution is 0.277. The Kier molecular flexibility index (Phi) is 2.88. The first-order chi connectivity index (χ1) is 5.81. The van der Waals surface area contributed by atoms with Gasteiger partial charge in [-0.05, 0) is 24.3 Å².